The van der Waals surface area contributed by atoms with Crippen LogP contribution < -0.4 is 11.1 Å². The van der Waals surface area contributed by atoms with Gasteiger partial charge >= 0.3 is 0 Å². The molecule has 0 heterocycles. The Hall–Kier alpha value is -1.30. The second-order valence-electron chi connectivity index (χ2n) is 5.36. The van der Waals surface area contributed by atoms with Crippen LogP contribution in [0.4, 0.5) is 14.5 Å². The SMILES string of the molecule is Nc1cc(F)c(SCC(=O)NC2CCCCCC2)c(F)c1. The van der Waals surface area contributed by atoms with Crippen LogP contribution in [0.5, 0.6) is 0 Å². The number of thioether (sulfide) groups is 1. The summed E-state index contributed by atoms with van der Waals surface area (Å²) >= 11 is 0.867. The summed E-state index contributed by atoms with van der Waals surface area (Å²) in [6.45, 7) is 0. The Labute approximate surface area is 127 Å². The number of amides is 1. The van der Waals surface area contributed by atoms with E-state index in [1.165, 1.54) is 12.8 Å². The zero-order valence-electron chi connectivity index (χ0n) is 11.8. The topological polar surface area (TPSA) is 55.1 Å². The minimum atomic E-state index is -0.722. The normalized spacial score (nSPS) is 16.5. The lowest BCUT2D eigenvalue weighted by Crippen LogP contribution is -2.35. The maximum atomic E-state index is 13.6. The molecule has 0 saturated heterocycles. The third-order valence-electron chi connectivity index (χ3n) is 3.59. The molecule has 1 aromatic carbocycles. The summed E-state index contributed by atoms with van der Waals surface area (Å²) in [7, 11) is 0. The molecule has 0 radical (unpaired) electrons. The zero-order valence-corrected chi connectivity index (χ0v) is 12.6. The molecular formula is C15H20F2N2OS. The van der Waals surface area contributed by atoms with Crippen LogP contribution >= 0.6 is 11.8 Å². The van der Waals surface area contributed by atoms with Gasteiger partial charge in [-0.2, -0.15) is 0 Å². The number of hydrogen-bond donors (Lipinski definition) is 2. The molecule has 1 aliphatic carbocycles. The number of rotatable bonds is 4. The van der Waals surface area contributed by atoms with Crippen LogP contribution in [0, 0.1) is 11.6 Å². The van der Waals surface area contributed by atoms with Crippen molar-refractivity contribution in [3.05, 3.63) is 23.8 Å². The third kappa shape index (κ3) is 4.88. The lowest BCUT2D eigenvalue weighted by molar-refractivity contribution is -0.119. The second kappa shape index (κ2) is 7.64. The van der Waals surface area contributed by atoms with E-state index in [1.807, 2.05) is 0 Å². The first-order valence-electron chi connectivity index (χ1n) is 7.23. The fourth-order valence-corrected chi connectivity index (χ4v) is 3.30. The predicted octanol–water partition coefficient (Wildman–Crippen LogP) is 3.48. The van der Waals surface area contributed by atoms with E-state index in [2.05, 4.69) is 5.32 Å². The number of nitrogens with two attached hydrogens (primary N) is 1. The number of nitrogen functional groups attached to an aromatic ring is 1. The summed E-state index contributed by atoms with van der Waals surface area (Å²) in [6, 6.07) is 2.32. The molecule has 0 unspecified atom stereocenters. The largest absolute Gasteiger partial charge is 0.399 e. The highest BCUT2D eigenvalue weighted by Gasteiger charge is 2.17. The molecule has 0 atom stereocenters. The number of benzene rings is 1. The Bertz CT molecular complexity index is 479. The maximum absolute atomic E-state index is 13.6. The van der Waals surface area contributed by atoms with Crippen LogP contribution in [0.1, 0.15) is 38.5 Å². The lowest BCUT2D eigenvalue weighted by atomic mass is 10.1. The third-order valence-corrected chi connectivity index (χ3v) is 4.67. The van der Waals surface area contributed by atoms with Crippen molar-refractivity contribution >= 4 is 23.4 Å². The van der Waals surface area contributed by atoms with E-state index < -0.39 is 11.6 Å². The molecule has 1 aromatic rings. The number of carbonyl (C=O) groups is 1. The van der Waals surface area contributed by atoms with Gasteiger partial charge in [-0.15, -0.1) is 11.8 Å². The summed E-state index contributed by atoms with van der Waals surface area (Å²) in [5.74, 6) is -1.61. The molecule has 1 saturated carbocycles. The summed E-state index contributed by atoms with van der Waals surface area (Å²) < 4.78 is 27.2. The number of anilines is 1. The summed E-state index contributed by atoms with van der Waals surface area (Å²) in [6.07, 6.45) is 6.65. The number of nitrogens with one attached hydrogen (secondary N) is 1. The molecule has 0 spiro atoms. The Morgan fingerprint density at radius 3 is 2.33 bits per heavy atom. The summed E-state index contributed by atoms with van der Waals surface area (Å²) in [4.78, 5) is 11.7. The molecule has 0 aliphatic heterocycles. The average molecular weight is 314 g/mol. The molecule has 1 amide bonds. The van der Waals surface area contributed by atoms with Crippen molar-refractivity contribution in [3.63, 3.8) is 0 Å². The van der Waals surface area contributed by atoms with Crippen LogP contribution in [-0.2, 0) is 4.79 Å². The quantitative estimate of drug-likeness (QED) is 0.508. The van der Waals surface area contributed by atoms with Gasteiger partial charge in [0.1, 0.15) is 11.6 Å². The Balaban J connectivity index is 1.86. The number of carbonyl (C=O) groups excluding carboxylic acids is 1. The monoisotopic (exact) mass is 314 g/mol. The summed E-state index contributed by atoms with van der Waals surface area (Å²) in [5.41, 5.74) is 5.39. The number of halogens is 2. The van der Waals surface area contributed by atoms with E-state index in [9.17, 15) is 13.6 Å². The molecule has 0 bridgehead atoms. The molecule has 3 nitrogen and oxygen atoms in total. The smallest absolute Gasteiger partial charge is 0.230 e. The van der Waals surface area contributed by atoms with E-state index in [-0.39, 0.29) is 28.3 Å². The molecule has 1 fully saturated rings. The van der Waals surface area contributed by atoms with Crippen molar-refractivity contribution in [1.82, 2.24) is 5.32 Å². The van der Waals surface area contributed by atoms with Gasteiger partial charge in [-0.05, 0) is 25.0 Å². The standard InChI is InChI=1S/C15H20F2N2OS/c16-12-7-10(18)8-13(17)15(12)21-9-14(20)19-11-5-3-1-2-4-6-11/h7-8,11H,1-6,9,18H2,(H,19,20). The minimum Gasteiger partial charge on any atom is -0.399 e. The van der Waals surface area contributed by atoms with E-state index in [4.69, 9.17) is 5.73 Å². The van der Waals surface area contributed by atoms with Crippen LogP contribution in [0.2, 0.25) is 0 Å². The highest BCUT2D eigenvalue weighted by atomic mass is 32.2. The minimum absolute atomic E-state index is 0.00819. The average Bonchev–Trinajstić information content (AvgIpc) is 2.66. The maximum Gasteiger partial charge on any atom is 0.230 e. The van der Waals surface area contributed by atoms with Crippen molar-refractivity contribution in [2.75, 3.05) is 11.5 Å². The molecule has 2 rings (SSSR count). The first-order chi connectivity index (χ1) is 10.1. The van der Waals surface area contributed by atoms with E-state index in [0.29, 0.717) is 0 Å². The van der Waals surface area contributed by atoms with Crippen molar-refractivity contribution in [2.45, 2.75) is 49.5 Å². The molecule has 6 heteroatoms. The van der Waals surface area contributed by atoms with Crippen molar-refractivity contribution in [3.8, 4) is 0 Å². The first kappa shape index (κ1) is 16.1. The van der Waals surface area contributed by atoms with Gasteiger partial charge in [0, 0.05) is 11.7 Å². The lowest BCUT2D eigenvalue weighted by Gasteiger charge is -2.16. The first-order valence-corrected chi connectivity index (χ1v) is 8.21. The van der Waals surface area contributed by atoms with Gasteiger partial charge in [-0.25, -0.2) is 8.78 Å². The second-order valence-corrected chi connectivity index (χ2v) is 6.34. The molecule has 1 aliphatic rings. The van der Waals surface area contributed by atoms with Crippen LogP contribution in [-0.4, -0.2) is 17.7 Å². The molecule has 3 N–H and O–H groups in total. The summed E-state index contributed by atoms with van der Waals surface area (Å²) in [5, 5.41) is 2.95. The van der Waals surface area contributed by atoms with Gasteiger partial charge in [0.2, 0.25) is 5.91 Å². The van der Waals surface area contributed by atoms with Gasteiger partial charge in [-0.1, -0.05) is 25.7 Å². The fraction of sp³-hybridized carbons (Fsp3) is 0.533. The predicted molar refractivity (Wildman–Crippen MR) is 81.1 cm³/mol. The van der Waals surface area contributed by atoms with Gasteiger partial charge in [0.05, 0.1) is 10.6 Å². The van der Waals surface area contributed by atoms with Crippen LogP contribution in [0.25, 0.3) is 0 Å². The fourth-order valence-electron chi connectivity index (χ4n) is 2.55. The zero-order chi connectivity index (χ0) is 15.2. The Kier molecular flexibility index (Phi) is 5.85. The highest BCUT2D eigenvalue weighted by molar-refractivity contribution is 8.00. The molecule has 116 valence electrons. The van der Waals surface area contributed by atoms with Gasteiger partial charge in [0.25, 0.3) is 0 Å². The van der Waals surface area contributed by atoms with Gasteiger partial charge in [0.15, 0.2) is 0 Å². The van der Waals surface area contributed by atoms with E-state index >= 15 is 0 Å². The van der Waals surface area contributed by atoms with Crippen molar-refractivity contribution in [2.24, 2.45) is 0 Å². The van der Waals surface area contributed by atoms with Gasteiger partial charge < -0.3 is 11.1 Å². The van der Waals surface area contributed by atoms with Crippen molar-refractivity contribution < 1.29 is 13.6 Å². The van der Waals surface area contributed by atoms with Gasteiger partial charge in [-0.3, -0.25) is 4.79 Å². The van der Waals surface area contributed by atoms with Crippen molar-refractivity contribution in [1.29, 1.82) is 0 Å². The highest BCUT2D eigenvalue weighted by Crippen LogP contribution is 2.27. The Morgan fingerprint density at radius 2 is 1.76 bits per heavy atom. The van der Waals surface area contributed by atoms with E-state index in [0.717, 1.165) is 49.6 Å². The molecule has 0 aromatic heterocycles. The van der Waals surface area contributed by atoms with Crippen LogP contribution in [0.15, 0.2) is 17.0 Å². The number of hydrogen-bond acceptors (Lipinski definition) is 3. The molecule has 21 heavy (non-hydrogen) atoms. The molecular weight excluding hydrogens is 294 g/mol. The van der Waals surface area contributed by atoms with Crippen LogP contribution in [0.3, 0.4) is 0 Å². The Morgan fingerprint density at radius 1 is 1.19 bits per heavy atom. The van der Waals surface area contributed by atoms with E-state index in [1.54, 1.807) is 0 Å².